The largest absolute Gasteiger partial charge is 0.449 e. The Morgan fingerprint density at radius 2 is 2.64 bits per heavy atom. The van der Waals surface area contributed by atoms with Crippen LogP contribution in [0, 0.1) is 0 Å². The van der Waals surface area contributed by atoms with Gasteiger partial charge in [-0.1, -0.05) is 4.91 Å². The molecule has 1 amide bonds. The third kappa shape index (κ3) is 2.20. The summed E-state index contributed by atoms with van der Waals surface area (Å²) in [6.45, 7) is 2.01. The number of hydrogen-bond acceptors (Lipinski definition) is 5. The third-order valence-corrected chi connectivity index (χ3v) is 0.816. The highest BCUT2D eigenvalue weighted by Gasteiger charge is 2.00. The Labute approximate surface area is 62.3 Å². The summed E-state index contributed by atoms with van der Waals surface area (Å²) in [5.74, 6) is 0. The summed E-state index contributed by atoms with van der Waals surface area (Å²) >= 11 is 0. The van der Waals surface area contributed by atoms with E-state index < -0.39 is 6.09 Å². The second-order valence-electron chi connectivity index (χ2n) is 1.56. The van der Waals surface area contributed by atoms with Crippen LogP contribution in [-0.4, -0.2) is 33.0 Å². The highest BCUT2D eigenvalue weighted by Crippen LogP contribution is 1.76. The van der Waals surface area contributed by atoms with Crippen LogP contribution in [0.15, 0.2) is 6.33 Å². The molecule has 0 unspecified atom stereocenters. The summed E-state index contributed by atoms with van der Waals surface area (Å²) in [6, 6.07) is 0. The molecule has 11 heavy (non-hydrogen) atoms. The van der Waals surface area contributed by atoms with Crippen molar-refractivity contribution in [1.82, 2.24) is 20.3 Å². The van der Waals surface area contributed by atoms with Gasteiger partial charge in [0.1, 0.15) is 0 Å². The number of carbonyl (C=O) groups excluding carboxylic acids is 1. The monoisotopic (exact) mass is 157 g/mol. The van der Waals surface area contributed by atoms with Gasteiger partial charge in [0.15, 0.2) is 6.33 Å². The minimum atomic E-state index is -0.606. The van der Waals surface area contributed by atoms with E-state index in [1.807, 2.05) is 0 Å². The van der Waals surface area contributed by atoms with Gasteiger partial charge in [-0.25, -0.2) is 4.79 Å². The van der Waals surface area contributed by atoms with Crippen LogP contribution in [0.3, 0.4) is 0 Å². The predicted octanol–water partition coefficient (Wildman–Crippen LogP) is -0.627. The molecular formula is C4H7N5O2. The molecule has 0 aliphatic carbocycles. The smallest absolute Gasteiger partial charge is 0.429 e. The number of tetrazole rings is 1. The van der Waals surface area contributed by atoms with Crippen molar-refractivity contribution >= 4 is 6.09 Å². The maximum absolute atomic E-state index is 10.6. The molecule has 1 heterocycles. The van der Waals surface area contributed by atoms with Crippen molar-refractivity contribution in [1.29, 1.82) is 0 Å². The second-order valence-corrected chi connectivity index (χ2v) is 1.56. The Morgan fingerprint density at radius 3 is 3.18 bits per heavy atom. The van der Waals surface area contributed by atoms with Gasteiger partial charge in [0.05, 0.1) is 6.61 Å². The lowest BCUT2D eigenvalue weighted by Gasteiger charge is -2.00. The lowest BCUT2D eigenvalue weighted by molar-refractivity contribution is 0.162. The molecule has 0 aliphatic rings. The van der Waals surface area contributed by atoms with E-state index in [0.717, 1.165) is 4.91 Å². The van der Waals surface area contributed by atoms with Crippen LogP contribution in [0.5, 0.6) is 0 Å². The molecule has 7 heteroatoms. The molecule has 0 saturated heterocycles. The van der Waals surface area contributed by atoms with Crippen molar-refractivity contribution in [3.63, 3.8) is 0 Å². The van der Waals surface area contributed by atoms with Crippen LogP contribution >= 0.6 is 0 Å². The summed E-state index contributed by atoms with van der Waals surface area (Å²) in [6.07, 6.45) is 0.595. The zero-order valence-electron chi connectivity index (χ0n) is 5.89. The maximum atomic E-state index is 10.6. The fraction of sp³-hybridized carbons (Fsp3) is 0.500. The quantitative estimate of drug-likeness (QED) is 0.618. The van der Waals surface area contributed by atoms with Gasteiger partial charge in [0, 0.05) is 0 Å². The van der Waals surface area contributed by atoms with E-state index >= 15 is 0 Å². The first-order valence-corrected chi connectivity index (χ1v) is 2.99. The van der Waals surface area contributed by atoms with Crippen LogP contribution in [0.2, 0.25) is 0 Å². The van der Waals surface area contributed by atoms with Gasteiger partial charge in [-0.15, -0.1) is 10.2 Å². The molecule has 0 saturated carbocycles. The van der Waals surface area contributed by atoms with E-state index in [1.54, 1.807) is 6.92 Å². The van der Waals surface area contributed by atoms with Crippen LogP contribution in [0.4, 0.5) is 4.79 Å². The molecule has 1 aromatic heterocycles. The number of carbonyl (C=O) groups is 1. The van der Waals surface area contributed by atoms with Crippen molar-refractivity contribution in [3.8, 4) is 0 Å². The van der Waals surface area contributed by atoms with E-state index in [4.69, 9.17) is 0 Å². The van der Waals surface area contributed by atoms with Crippen molar-refractivity contribution in [2.75, 3.05) is 12.0 Å². The van der Waals surface area contributed by atoms with E-state index in [9.17, 15) is 4.79 Å². The molecular weight excluding hydrogens is 150 g/mol. The Hall–Kier alpha value is -1.66. The summed E-state index contributed by atoms with van der Waals surface area (Å²) in [5.41, 5.74) is 2.19. The third-order valence-electron chi connectivity index (χ3n) is 0.816. The molecule has 0 atom stereocenters. The van der Waals surface area contributed by atoms with Gasteiger partial charge in [0.25, 0.3) is 0 Å². The van der Waals surface area contributed by atoms with Gasteiger partial charge in [-0.2, -0.15) is 5.43 Å². The first kappa shape index (κ1) is 7.45. The van der Waals surface area contributed by atoms with Crippen LogP contribution < -0.4 is 5.43 Å². The molecule has 0 aliphatic heterocycles. The molecule has 0 radical (unpaired) electrons. The van der Waals surface area contributed by atoms with Crippen LogP contribution in [0.1, 0.15) is 6.92 Å². The normalized spacial score (nSPS) is 9.18. The van der Waals surface area contributed by atoms with E-state index in [1.165, 1.54) is 6.33 Å². The fourth-order valence-corrected chi connectivity index (χ4v) is 0.463. The molecule has 7 nitrogen and oxygen atoms in total. The van der Waals surface area contributed by atoms with Crippen molar-refractivity contribution in [2.24, 2.45) is 0 Å². The first-order valence-electron chi connectivity index (χ1n) is 2.99. The predicted molar refractivity (Wildman–Crippen MR) is 34.2 cm³/mol. The number of aromatic nitrogens is 4. The average molecular weight is 157 g/mol. The van der Waals surface area contributed by atoms with Crippen LogP contribution in [0.25, 0.3) is 0 Å². The van der Waals surface area contributed by atoms with Gasteiger partial charge < -0.3 is 4.74 Å². The molecule has 60 valence electrons. The van der Waals surface area contributed by atoms with Gasteiger partial charge >= 0.3 is 6.09 Å². The van der Waals surface area contributed by atoms with Crippen LogP contribution in [-0.2, 0) is 4.74 Å². The zero-order valence-corrected chi connectivity index (χ0v) is 5.89. The topological polar surface area (TPSA) is 81.9 Å². The molecule has 0 bridgehead atoms. The molecule has 0 fully saturated rings. The molecule has 1 N–H and O–H groups in total. The van der Waals surface area contributed by atoms with E-state index in [0.29, 0.717) is 6.61 Å². The van der Waals surface area contributed by atoms with E-state index in [2.05, 4.69) is 25.6 Å². The Morgan fingerprint density at radius 1 is 1.82 bits per heavy atom. The molecule has 1 rings (SSSR count). The fourth-order valence-electron chi connectivity index (χ4n) is 0.463. The zero-order chi connectivity index (χ0) is 8.10. The molecule has 1 aromatic rings. The lowest BCUT2D eigenvalue weighted by atomic mass is 10.9. The minimum absolute atomic E-state index is 0.306. The minimum Gasteiger partial charge on any atom is -0.449 e. The van der Waals surface area contributed by atoms with Crippen molar-refractivity contribution in [2.45, 2.75) is 6.92 Å². The number of nitrogens with zero attached hydrogens (tertiary/aromatic N) is 4. The standard InChI is InChI=1S/C4H7N5O2/c1-2-11-4(10)7-9-6-3-5-8-9/h3H,2H2,1H3,(H,7,10). The molecule has 0 spiro atoms. The Kier molecular flexibility index (Phi) is 2.37. The van der Waals surface area contributed by atoms with Crippen molar-refractivity contribution in [3.05, 3.63) is 6.33 Å². The van der Waals surface area contributed by atoms with Gasteiger partial charge in [-0.05, 0) is 12.1 Å². The second kappa shape index (κ2) is 3.49. The van der Waals surface area contributed by atoms with E-state index in [-0.39, 0.29) is 0 Å². The highest BCUT2D eigenvalue weighted by atomic mass is 16.6. The van der Waals surface area contributed by atoms with Gasteiger partial charge in [-0.3, -0.25) is 0 Å². The average Bonchev–Trinajstić information content (AvgIpc) is 2.40. The summed E-state index contributed by atoms with van der Waals surface area (Å²) in [5, 5.41) is 10.3. The Balaban J connectivity index is 2.37. The summed E-state index contributed by atoms with van der Waals surface area (Å²) in [7, 11) is 0. The number of hydrogen-bond donors (Lipinski definition) is 1. The summed E-state index contributed by atoms with van der Waals surface area (Å²) in [4.78, 5) is 11.6. The summed E-state index contributed by atoms with van der Waals surface area (Å²) < 4.78 is 4.54. The number of nitrogens with one attached hydrogen (secondary N) is 1. The van der Waals surface area contributed by atoms with Gasteiger partial charge in [0.2, 0.25) is 0 Å². The SMILES string of the molecule is CCOC(=O)Nn1ncnn1. The number of ether oxygens (including phenoxy) is 1. The number of rotatable bonds is 2. The number of amides is 1. The highest BCUT2D eigenvalue weighted by molar-refractivity contribution is 5.75. The lowest BCUT2D eigenvalue weighted by Crippen LogP contribution is -2.25. The van der Waals surface area contributed by atoms with Crippen molar-refractivity contribution < 1.29 is 9.53 Å². The molecule has 0 aromatic carbocycles. The Bertz CT molecular complexity index is 220. The first-order chi connectivity index (χ1) is 5.33. The maximum Gasteiger partial charge on any atom is 0.429 e.